The molecule has 3 fully saturated rings. The zero-order valence-electron chi connectivity index (χ0n) is 34.2. The number of carbonyl (C=O) groups excluding carboxylic acids is 6. The summed E-state index contributed by atoms with van der Waals surface area (Å²) in [4.78, 5) is 89.0. The van der Waals surface area contributed by atoms with Gasteiger partial charge in [-0.3, -0.25) is 43.9 Å². The van der Waals surface area contributed by atoms with Gasteiger partial charge >= 0.3 is 0 Å². The van der Waals surface area contributed by atoms with Gasteiger partial charge in [-0.2, -0.15) is 5.26 Å². The summed E-state index contributed by atoms with van der Waals surface area (Å²) in [6.07, 6.45) is 3.26. The molecule has 14 nitrogen and oxygen atoms in total. The minimum Gasteiger partial charge on any atom is -0.385 e. The number of H-pyrrole nitrogens is 1. The Bertz CT molecular complexity index is 2550. The van der Waals surface area contributed by atoms with Gasteiger partial charge in [-0.15, -0.1) is 0 Å². The van der Waals surface area contributed by atoms with Gasteiger partial charge in [-0.25, -0.2) is 0 Å². The number of anilines is 2. The van der Waals surface area contributed by atoms with Crippen LogP contribution < -0.4 is 15.5 Å². The van der Waals surface area contributed by atoms with Crippen molar-refractivity contribution in [3.8, 4) is 6.07 Å². The largest absolute Gasteiger partial charge is 0.385 e. The average Bonchev–Trinajstić information content (AvgIpc) is 3.77. The van der Waals surface area contributed by atoms with Gasteiger partial charge in [-0.1, -0.05) is 26.8 Å². The molecule has 5 aliphatic rings. The standard InChI is InChI=1S/C46H48N8O6/c1-4-27-22-33-34(46(2,3)42-40(41(33)57)31-7-5-26(25-47)21-35(31)49-42)24-37(27)52-15-12-29(13-16-52)51-17-19-53(20-18-51)39(56)11-14-48-28-6-8-30-32(23-28)45(60)54(44(30)59)36-9-10-38(55)50-43(36)58/h5-8,21-24,29,36,48-49H,4,9-20H2,1-3H3,(H,50,55,58). The number of hydrogen-bond acceptors (Lipinski definition) is 10. The number of aromatic amines is 1. The van der Waals surface area contributed by atoms with Crippen molar-refractivity contribution in [2.45, 2.75) is 76.8 Å². The average molecular weight is 809 g/mol. The second-order valence-corrected chi connectivity index (χ2v) is 17.1. The Morgan fingerprint density at radius 1 is 0.883 bits per heavy atom. The third-order valence-corrected chi connectivity index (χ3v) is 13.4. The van der Waals surface area contributed by atoms with Crippen molar-refractivity contribution in [3.05, 3.63) is 93.2 Å². The van der Waals surface area contributed by atoms with Crippen LogP contribution in [0, 0.1) is 11.3 Å². The molecule has 60 heavy (non-hydrogen) atoms. The van der Waals surface area contributed by atoms with E-state index in [9.17, 15) is 34.0 Å². The molecule has 3 aromatic carbocycles. The van der Waals surface area contributed by atoms with Crippen LogP contribution in [0.15, 0.2) is 48.5 Å². The van der Waals surface area contributed by atoms with Crippen LogP contribution in [-0.2, 0) is 26.2 Å². The monoisotopic (exact) mass is 808 g/mol. The number of nitrogens with zero attached hydrogens (tertiary/aromatic N) is 5. The Balaban J connectivity index is 0.779. The summed E-state index contributed by atoms with van der Waals surface area (Å²) >= 11 is 0. The highest BCUT2D eigenvalue weighted by Crippen LogP contribution is 2.46. The second-order valence-electron chi connectivity index (χ2n) is 17.1. The van der Waals surface area contributed by atoms with E-state index < -0.39 is 35.1 Å². The first kappa shape index (κ1) is 39.1. The van der Waals surface area contributed by atoms with E-state index in [4.69, 9.17) is 0 Å². The first-order valence-corrected chi connectivity index (χ1v) is 21.0. The van der Waals surface area contributed by atoms with Crippen molar-refractivity contribution in [2.75, 3.05) is 56.0 Å². The number of piperazine rings is 1. The number of imide groups is 2. The number of piperidine rings is 2. The van der Waals surface area contributed by atoms with Crippen LogP contribution in [0.25, 0.3) is 10.9 Å². The summed E-state index contributed by atoms with van der Waals surface area (Å²) in [7, 11) is 0. The van der Waals surface area contributed by atoms with E-state index >= 15 is 0 Å². The van der Waals surface area contributed by atoms with Gasteiger partial charge in [0.25, 0.3) is 11.8 Å². The molecule has 4 aliphatic heterocycles. The number of ketones is 1. The Morgan fingerprint density at radius 2 is 1.63 bits per heavy atom. The smallest absolute Gasteiger partial charge is 0.262 e. The molecule has 14 heteroatoms. The second kappa shape index (κ2) is 15.0. The van der Waals surface area contributed by atoms with Crippen molar-refractivity contribution < 1.29 is 28.8 Å². The summed E-state index contributed by atoms with van der Waals surface area (Å²) in [6.45, 7) is 11.6. The van der Waals surface area contributed by atoms with E-state index in [2.05, 4.69) is 64.4 Å². The minimum absolute atomic E-state index is 0.0289. The van der Waals surface area contributed by atoms with Crippen LogP contribution in [0.2, 0.25) is 0 Å². The van der Waals surface area contributed by atoms with Crippen LogP contribution in [0.5, 0.6) is 0 Å². The van der Waals surface area contributed by atoms with E-state index in [1.165, 1.54) is 11.3 Å². The minimum atomic E-state index is -1.02. The highest BCUT2D eigenvalue weighted by molar-refractivity contribution is 6.24. The van der Waals surface area contributed by atoms with Crippen molar-refractivity contribution in [1.82, 2.24) is 25.0 Å². The van der Waals surface area contributed by atoms with E-state index in [-0.39, 0.29) is 42.1 Å². The third kappa shape index (κ3) is 6.52. The molecule has 1 unspecified atom stereocenters. The van der Waals surface area contributed by atoms with Crippen LogP contribution in [-0.4, -0.2) is 113 Å². The van der Waals surface area contributed by atoms with Crippen molar-refractivity contribution in [2.24, 2.45) is 0 Å². The summed E-state index contributed by atoms with van der Waals surface area (Å²) in [5.74, 6) is -2.10. The molecule has 3 N–H and O–H groups in total. The molecule has 5 amide bonds. The SMILES string of the molecule is CCc1cc2c(cc1N1CCC(N3CCN(C(=O)CCNc4ccc5c(c4)C(=O)N(C4CCC(=O)NC4=O)C5=O)CC3)CC1)C(C)(C)c1[nH]c3cc(C#N)ccc3c1C2=O. The maximum absolute atomic E-state index is 14.1. The van der Waals surface area contributed by atoms with Crippen molar-refractivity contribution in [3.63, 3.8) is 0 Å². The molecule has 4 aromatic rings. The highest BCUT2D eigenvalue weighted by Gasteiger charge is 2.45. The predicted molar refractivity (Wildman–Crippen MR) is 224 cm³/mol. The van der Waals surface area contributed by atoms with E-state index in [1.54, 1.807) is 24.3 Å². The lowest BCUT2D eigenvalue weighted by atomic mass is 9.70. The third-order valence-electron chi connectivity index (χ3n) is 13.4. The normalized spacial score (nSPS) is 20.5. The number of nitrogens with one attached hydrogen (secondary N) is 3. The van der Waals surface area contributed by atoms with Crippen LogP contribution in [0.4, 0.5) is 11.4 Å². The quantitative estimate of drug-likeness (QED) is 0.215. The van der Waals surface area contributed by atoms with Gasteiger partial charge in [0.05, 0.1) is 28.3 Å². The fourth-order valence-electron chi connectivity index (χ4n) is 10.0. The maximum atomic E-state index is 14.1. The Labute approximate surface area is 347 Å². The van der Waals surface area contributed by atoms with Gasteiger partial charge < -0.3 is 20.1 Å². The fraction of sp³-hybridized carbons (Fsp3) is 0.413. The molecule has 0 radical (unpaired) electrons. The zero-order valence-corrected chi connectivity index (χ0v) is 34.2. The van der Waals surface area contributed by atoms with Crippen molar-refractivity contribution in [1.29, 1.82) is 5.26 Å². The molecular formula is C46H48N8O6. The molecule has 3 saturated heterocycles. The highest BCUT2D eigenvalue weighted by atomic mass is 16.2. The Kier molecular flexibility index (Phi) is 9.82. The van der Waals surface area contributed by atoms with Gasteiger partial charge in [0.15, 0.2) is 5.78 Å². The number of rotatable bonds is 8. The molecule has 5 heterocycles. The Hall–Kier alpha value is -6.33. The number of aryl methyl sites for hydroxylation is 1. The molecule has 9 rings (SSSR count). The Morgan fingerprint density at radius 3 is 2.35 bits per heavy atom. The molecule has 0 bridgehead atoms. The number of hydrogen-bond donors (Lipinski definition) is 3. The van der Waals surface area contributed by atoms with E-state index in [0.717, 1.165) is 78.1 Å². The predicted octanol–water partition coefficient (Wildman–Crippen LogP) is 4.49. The maximum Gasteiger partial charge on any atom is 0.262 e. The number of fused-ring (bicyclic) bond motifs is 5. The van der Waals surface area contributed by atoms with Crippen LogP contribution in [0.3, 0.4) is 0 Å². The lowest BCUT2D eigenvalue weighted by Gasteiger charge is -2.44. The summed E-state index contributed by atoms with van der Waals surface area (Å²) in [5, 5.41) is 15.8. The van der Waals surface area contributed by atoms with Crippen molar-refractivity contribution >= 4 is 57.6 Å². The lowest BCUT2D eigenvalue weighted by molar-refractivity contribution is -0.136. The number of aromatic nitrogens is 1. The van der Waals surface area contributed by atoms with Crippen LogP contribution >= 0.6 is 0 Å². The lowest BCUT2D eigenvalue weighted by Crippen LogP contribution is -2.54. The number of nitriles is 1. The molecule has 308 valence electrons. The number of benzene rings is 3. The van der Waals surface area contributed by atoms with Gasteiger partial charge in [0.2, 0.25) is 17.7 Å². The molecule has 0 saturated carbocycles. The number of carbonyl (C=O) groups is 6. The van der Waals surface area contributed by atoms with E-state index in [1.807, 2.05) is 17.0 Å². The van der Waals surface area contributed by atoms with Crippen LogP contribution in [0.1, 0.15) is 112 Å². The fourth-order valence-corrected chi connectivity index (χ4v) is 10.0. The first-order valence-electron chi connectivity index (χ1n) is 21.0. The molecular weight excluding hydrogens is 761 g/mol. The van der Waals surface area contributed by atoms with Gasteiger partial charge in [0, 0.05) is 104 Å². The summed E-state index contributed by atoms with van der Waals surface area (Å²) in [5.41, 5.74) is 7.67. The molecule has 1 aliphatic carbocycles. The molecule has 0 spiro atoms. The summed E-state index contributed by atoms with van der Waals surface area (Å²) < 4.78 is 0. The first-order chi connectivity index (χ1) is 28.9. The molecule has 1 aromatic heterocycles. The topological polar surface area (TPSA) is 179 Å². The summed E-state index contributed by atoms with van der Waals surface area (Å²) in [6, 6.07) is 16.3. The number of amides is 5. The van der Waals surface area contributed by atoms with E-state index in [0.29, 0.717) is 42.5 Å². The van der Waals surface area contributed by atoms with Gasteiger partial charge in [0.1, 0.15) is 6.04 Å². The van der Waals surface area contributed by atoms with Gasteiger partial charge in [-0.05, 0) is 79.3 Å². The zero-order chi connectivity index (χ0) is 42.0. The molecule has 1 atom stereocenters.